The van der Waals surface area contributed by atoms with Crippen molar-refractivity contribution in [3.05, 3.63) is 36.5 Å². The van der Waals surface area contributed by atoms with Gasteiger partial charge < -0.3 is 50.5 Å². The van der Waals surface area contributed by atoms with E-state index < -0.39 is 74.2 Å². The van der Waals surface area contributed by atoms with Crippen molar-refractivity contribution in [1.82, 2.24) is 5.32 Å². The van der Waals surface area contributed by atoms with Crippen molar-refractivity contribution in [3.63, 3.8) is 0 Å². The second-order valence-electron chi connectivity index (χ2n) is 21.4. The Kier molecular flexibility index (Phi) is 47.6. The van der Waals surface area contributed by atoms with Gasteiger partial charge in [-0.1, -0.05) is 249 Å². The molecule has 1 aliphatic heterocycles. The summed E-state index contributed by atoms with van der Waals surface area (Å²) >= 11 is 0. The summed E-state index contributed by atoms with van der Waals surface area (Å²) in [5.41, 5.74) is 0. The lowest BCUT2D eigenvalue weighted by atomic mass is 9.98. The highest BCUT2D eigenvalue weighted by molar-refractivity contribution is 5.80. The molecule has 1 fully saturated rings. The van der Waals surface area contributed by atoms with E-state index in [1.165, 1.54) is 186 Å². The Balaban J connectivity index is 2.25. The van der Waals surface area contributed by atoms with Crippen molar-refractivity contribution in [3.8, 4) is 0 Å². The van der Waals surface area contributed by atoms with E-state index in [9.17, 15) is 40.5 Å². The van der Waals surface area contributed by atoms with E-state index in [1.54, 1.807) is 0 Å². The molecule has 0 aromatic rings. The summed E-state index contributed by atoms with van der Waals surface area (Å²) in [7, 11) is 0. The van der Waals surface area contributed by atoms with Crippen molar-refractivity contribution in [2.75, 3.05) is 13.2 Å². The number of carbonyl (C=O) groups excluding carboxylic acids is 1. The Morgan fingerprint density at radius 2 is 0.833 bits per heavy atom. The van der Waals surface area contributed by atoms with Crippen LogP contribution in [-0.4, -0.2) is 110 Å². The van der Waals surface area contributed by atoms with E-state index in [2.05, 4.69) is 55.6 Å². The third-order valence-electron chi connectivity index (χ3n) is 14.7. The van der Waals surface area contributed by atoms with E-state index in [0.717, 1.165) is 44.9 Å². The molecule has 9 atom stereocenters. The first kappa shape index (κ1) is 68.3. The molecule has 11 heteroatoms. The minimum Gasteiger partial charge on any atom is -0.394 e. The zero-order valence-electron chi connectivity index (χ0n) is 46.4. The molecular formula is C61H115NO10. The summed E-state index contributed by atoms with van der Waals surface area (Å²) in [5.74, 6) is -0.709. The van der Waals surface area contributed by atoms with Crippen LogP contribution in [0.25, 0.3) is 0 Å². The van der Waals surface area contributed by atoms with Gasteiger partial charge in [-0.25, -0.2) is 0 Å². The standard InChI is InChI=1S/C61H115NO10/c1-3-5-7-9-11-13-15-17-19-21-22-23-24-25-26-27-28-29-30-31-32-33-35-37-39-41-43-45-47-49-54(65)60(70)62-52(51-71-61-59(69)58(68)57(67)55(50-63)72-61)56(66)53(64)48-46-44-42-40-38-36-34-20-18-16-14-12-10-8-6-4-2/h12,14,20,34,40,42,52-59,61,63-69H,3-11,13,15-19,21-33,35-39,41,43-51H2,1-2H3,(H,62,70)/b14-12+,34-20+,42-40+. The Morgan fingerprint density at radius 3 is 1.24 bits per heavy atom. The van der Waals surface area contributed by atoms with Gasteiger partial charge in [-0.2, -0.15) is 0 Å². The Morgan fingerprint density at radius 1 is 0.472 bits per heavy atom. The molecule has 11 nitrogen and oxygen atoms in total. The zero-order valence-corrected chi connectivity index (χ0v) is 46.4. The number of rotatable bonds is 52. The molecule has 424 valence electrons. The molecule has 0 aromatic carbocycles. The van der Waals surface area contributed by atoms with Crippen LogP contribution in [0.5, 0.6) is 0 Å². The molecule has 0 saturated carbocycles. The zero-order chi connectivity index (χ0) is 52.5. The quantitative estimate of drug-likeness (QED) is 0.0215. The number of amides is 1. The molecule has 1 rings (SSSR count). The average Bonchev–Trinajstić information content (AvgIpc) is 3.38. The molecule has 1 saturated heterocycles. The number of nitrogens with one attached hydrogen (secondary N) is 1. The number of carbonyl (C=O) groups is 1. The summed E-state index contributed by atoms with van der Waals surface area (Å²) in [6.45, 7) is 3.43. The second kappa shape index (κ2) is 50.2. The summed E-state index contributed by atoms with van der Waals surface area (Å²) in [5, 5.41) is 76.1. The maximum absolute atomic E-state index is 13.2. The Hall–Kier alpha value is -1.67. The maximum Gasteiger partial charge on any atom is 0.249 e. The number of allylic oxidation sites excluding steroid dienone is 6. The highest BCUT2D eigenvalue weighted by Gasteiger charge is 2.44. The fourth-order valence-electron chi connectivity index (χ4n) is 9.71. The molecule has 8 N–H and O–H groups in total. The number of unbranched alkanes of at least 4 members (excludes halogenated alkanes) is 34. The SMILES string of the molecule is CCCCC/C=C/CC/C=C/CC/C=C/CCCC(O)C(O)C(COC1OC(CO)C(O)C(O)C1O)NC(=O)C(O)CCCCCCCCCCCCCCCCCCCCCCCCCCCCCCC. The average molecular weight is 1020 g/mol. The fraction of sp³-hybridized carbons (Fsp3) is 0.885. The summed E-state index contributed by atoms with van der Waals surface area (Å²) in [4.78, 5) is 13.2. The molecule has 72 heavy (non-hydrogen) atoms. The maximum atomic E-state index is 13.2. The normalized spacial score (nSPS) is 20.3. The molecule has 0 spiro atoms. The summed E-state index contributed by atoms with van der Waals surface area (Å²) in [6, 6.07) is -1.19. The van der Waals surface area contributed by atoms with Crippen LogP contribution in [0.1, 0.15) is 277 Å². The minimum atomic E-state index is -1.67. The highest BCUT2D eigenvalue weighted by Crippen LogP contribution is 2.23. The van der Waals surface area contributed by atoms with Crippen molar-refractivity contribution >= 4 is 5.91 Å². The number of aliphatic hydroxyl groups is 7. The topological polar surface area (TPSA) is 189 Å². The highest BCUT2D eigenvalue weighted by atomic mass is 16.7. The van der Waals surface area contributed by atoms with Crippen LogP contribution in [0, 0.1) is 0 Å². The predicted molar refractivity (Wildman–Crippen MR) is 298 cm³/mol. The Bertz CT molecular complexity index is 1260. The van der Waals surface area contributed by atoms with Crippen LogP contribution in [0.4, 0.5) is 0 Å². The molecule has 0 radical (unpaired) electrons. The van der Waals surface area contributed by atoms with E-state index in [1.807, 2.05) is 0 Å². The third-order valence-corrected chi connectivity index (χ3v) is 14.7. The van der Waals surface area contributed by atoms with Gasteiger partial charge in [0.2, 0.25) is 5.91 Å². The minimum absolute atomic E-state index is 0.242. The number of ether oxygens (including phenoxy) is 2. The molecule has 1 heterocycles. The predicted octanol–water partition coefficient (Wildman–Crippen LogP) is 13.1. The van der Waals surface area contributed by atoms with E-state index in [-0.39, 0.29) is 12.8 Å². The van der Waals surface area contributed by atoms with Crippen molar-refractivity contribution in [2.24, 2.45) is 0 Å². The van der Waals surface area contributed by atoms with Crippen LogP contribution < -0.4 is 5.32 Å². The van der Waals surface area contributed by atoms with E-state index >= 15 is 0 Å². The van der Waals surface area contributed by atoms with Gasteiger partial charge in [-0.15, -0.1) is 0 Å². The fourth-order valence-corrected chi connectivity index (χ4v) is 9.71. The smallest absolute Gasteiger partial charge is 0.249 e. The molecule has 0 aliphatic carbocycles. The lowest BCUT2D eigenvalue weighted by Gasteiger charge is -2.40. The van der Waals surface area contributed by atoms with Crippen LogP contribution >= 0.6 is 0 Å². The largest absolute Gasteiger partial charge is 0.394 e. The summed E-state index contributed by atoms with van der Waals surface area (Å²) < 4.78 is 11.1. The van der Waals surface area contributed by atoms with Gasteiger partial charge in [0.25, 0.3) is 0 Å². The molecule has 1 aliphatic rings. The number of hydrogen-bond acceptors (Lipinski definition) is 10. The van der Waals surface area contributed by atoms with Gasteiger partial charge in [0, 0.05) is 0 Å². The van der Waals surface area contributed by atoms with Gasteiger partial charge in [-0.05, 0) is 64.2 Å². The molecule has 1 amide bonds. The second-order valence-corrected chi connectivity index (χ2v) is 21.4. The first-order valence-electron chi connectivity index (χ1n) is 30.4. The van der Waals surface area contributed by atoms with Gasteiger partial charge in [0.15, 0.2) is 6.29 Å². The van der Waals surface area contributed by atoms with Crippen LogP contribution in [0.2, 0.25) is 0 Å². The molecule has 0 bridgehead atoms. The van der Waals surface area contributed by atoms with Gasteiger partial charge in [0.05, 0.1) is 25.4 Å². The van der Waals surface area contributed by atoms with E-state index in [0.29, 0.717) is 19.3 Å². The van der Waals surface area contributed by atoms with Crippen molar-refractivity contribution in [1.29, 1.82) is 0 Å². The first-order chi connectivity index (χ1) is 35.2. The summed E-state index contributed by atoms with van der Waals surface area (Å²) in [6.07, 6.45) is 50.7. The van der Waals surface area contributed by atoms with E-state index in [4.69, 9.17) is 9.47 Å². The van der Waals surface area contributed by atoms with Gasteiger partial charge in [-0.3, -0.25) is 4.79 Å². The first-order valence-corrected chi connectivity index (χ1v) is 30.4. The van der Waals surface area contributed by atoms with Gasteiger partial charge in [0.1, 0.15) is 36.6 Å². The lowest BCUT2D eigenvalue weighted by molar-refractivity contribution is -0.303. The molecular weight excluding hydrogens is 907 g/mol. The van der Waals surface area contributed by atoms with Gasteiger partial charge >= 0.3 is 0 Å². The van der Waals surface area contributed by atoms with Crippen LogP contribution in [0.15, 0.2) is 36.5 Å². The number of aliphatic hydroxyl groups excluding tert-OH is 7. The van der Waals surface area contributed by atoms with Crippen molar-refractivity contribution < 1.29 is 50.0 Å². The lowest BCUT2D eigenvalue weighted by Crippen LogP contribution is -2.60. The van der Waals surface area contributed by atoms with Crippen LogP contribution in [0.3, 0.4) is 0 Å². The number of hydrogen-bond donors (Lipinski definition) is 8. The van der Waals surface area contributed by atoms with Crippen molar-refractivity contribution in [2.45, 2.75) is 332 Å². The Labute approximate surface area is 441 Å². The molecule has 0 aromatic heterocycles. The molecule has 9 unspecified atom stereocenters. The van der Waals surface area contributed by atoms with Crippen LogP contribution in [-0.2, 0) is 14.3 Å². The third kappa shape index (κ3) is 38.0. The monoisotopic (exact) mass is 1020 g/mol.